The van der Waals surface area contributed by atoms with E-state index >= 15 is 0 Å². The lowest BCUT2D eigenvalue weighted by Crippen LogP contribution is -2.49. The van der Waals surface area contributed by atoms with Crippen LogP contribution in [0.25, 0.3) is 0 Å². The Morgan fingerprint density at radius 3 is 2.60 bits per heavy atom. The summed E-state index contributed by atoms with van der Waals surface area (Å²) < 4.78 is 0. The summed E-state index contributed by atoms with van der Waals surface area (Å²) in [5.41, 5.74) is 0. The maximum Gasteiger partial charge on any atom is 0.228 e. The van der Waals surface area contributed by atoms with Gasteiger partial charge in [0.1, 0.15) is 0 Å². The van der Waals surface area contributed by atoms with E-state index in [4.69, 9.17) is 0 Å². The van der Waals surface area contributed by atoms with E-state index in [1.165, 1.54) is 0 Å². The Kier molecular flexibility index (Phi) is 5.23. The Bertz CT molecular complexity index is 373. The summed E-state index contributed by atoms with van der Waals surface area (Å²) in [4.78, 5) is 28.0. The lowest BCUT2D eigenvalue weighted by Gasteiger charge is -2.32. The average molecular weight is 303 g/mol. The van der Waals surface area contributed by atoms with Crippen molar-refractivity contribution in [1.29, 1.82) is 0 Å². The van der Waals surface area contributed by atoms with E-state index in [0.29, 0.717) is 19.0 Å². The molecule has 0 aliphatic carbocycles. The van der Waals surface area contributed by atoms with Crippen LogP contribution < -0.4 is 10.6 Å². The fourth-order valence-corrected chi connectivity index (χ4v) is 3.33. The zero-order valence-electron chi connectivity index (χ0n) is 11.6. The molecule has 0 saturated carbocycles. The topological polar surface area (TPSA) is 64.7 Å². The monoisotopic (exact) mass is 302 g/mol. The fraction of sp³-hybridized carbons (Fsp3) is 0.846. The van der Waals surface area contributed by atoms with Crippen LogP contribution in [0.15, 0.2) is 0 Å². The fourth-order valence-electron chi connectivity index (χ4n) is 3.33. The number of hydrogen-bond acceptors (Lipinski definition) is 4. The summed E-state index contributed by atoms with van der Waals surface area (Å²) in [7, 11) is 0. The van der Waals surface area contributed by atoms with Crippen LogP contribution in [0.5, 0.6) is 0 Å². The van der Waals surface area contributed by atoms with Crippen molar-refractivity contribution >= 4 is 24.2 Å². The number of likely N-dealkylation sites (tertiary alicyclic amines) is 1. The molecule has 7 heteroatoms. The summed E-state index contributed by atoms with van der Waals surface area (Å²) in [6, 6.07) is 0.510. The number of piperazine rings is 1. The summed E-state index contributed by atoms with van der Waals surface area (Å²) in [6.07, 6.45) is 1.44. The maximum absolute atomic E-state index is 12.3. The zero-order chi connectivity index (χ0) is 13.2. The summed E-state index contributed by atoms with van der Waals surface area (Å²) in [5.74, 6) is 0.0430. The second-order valence-electron chi connectivity index (χ2n) is 5.72. The van der Waals surface area contributed by atoms with Crippen LogP contribution in [0.4, 0.5) is 0 Å². The highest BCUT2D eigenvalue weighted by Crippen LogP contribution is 2.20. The maximum atomic E-state index is 12.3. The number of rotatable bonds is 2. The van der Waals surface area contributed by atoms with Crippen LogP contribution in [-0.4, -0.2) is 73.5 Å². The first kappa shape index (κ1) is 15.5. The molecule has 0 aromatic rings. The number of hydrogen-bond donors (Lipinski definition) is 2. The molecule has 3 aliphatic rings. The van der Waals surface area contributed by atoms with E-state index in [1.807, 2.05) is 4.90 Å². The highest BCUT2D eigenvalue weighted by atomic mass is 35.5. The van der Waals surface area contributed by atoms with Crippen LogP contribution >= 0.6 is 12.4 Å². The van der Waals surface area contributed by atoms with E-state index in [1.54, 1.807) is 0 Å². The Labute approximate surface area is 125 Å². The molecule has 2 amide bonds. The molecule has 0 aromatic carbocycles. The highest BCUT2D eigenvalue weighted by Gasteiger charge is 2.36. The summed E-state index contributed by atoms with van der Waals surface area (Å²) in [5, 5.41) is 6.10. The third-order valence-electron chi connectivity index (χ3n) is 4.47. The van der Waals surface area contributed by atoms with Gasteiger partial charge in [0.05, 0.1) is 5.92 Å². The highest BCUT2D eigenvalue weighted by molar-refractivity contribution is 5.89. The molecular formula is C13H23ClN4O2. The van der Waals surface area contributed by atoms with Gasteiger partial charge in [-0.2, -0.15) is 0 Å². The van der Waals surface area contributed by atoms with E-state index in [2.05, 4.69) is 15.5 Å². The minimum Gasteiger partial charge on any atom is -0.355 e. The molecule has 114 valence electrons. The van der Waals surface area contributed by atoms with Crippen LogP contribution in [0.1, 0.15) is 12.8 Å². The molecule has 0 aromatic heterocycles. The Hall–Kier alpha value is -0.850. The Balaban J connectivity index is 0.00000147. The molecule has 0 bridgehead atoms. The molecule has 6 nitrogen and oxygen atoms in total. The van der Waals surface area contributed by atoms with Gasteiger partial charge < -0.3 is 15.5 Å². The molecule has 3 aliphatic heterocycles. The standard InChI is InChI=1S/C13H22N4O2.ClH/c18-12-7-10(8-15-12)13(19)17-4-1-11(9-17)16-5-2-14-3-6-16;/h10-11,14H,1-9H2,(H,15,18);1H. The van der Waals surface area contributed by atoms with Crippen LogP contribution in [0, 0.1) is 5.92 Å². The normalized spacial score (nSPS) is 31.0. The number of nitrogens with one attached hydrogen (secondary N) is 2. The van der Waals surface area contributed by atoms with Gasteiger partial charge in [0.2, 0.25) is 11.8 Å². The molecule has 3 saturated heterocycles. The van der Waals surface area contributed by atoms with Crippen LogP contribution in [0.2, 0.25) is 0 Å². The predicted octanol–water partition coefficient (Wildman–Crippen LogP) is -0.950. The minimum atomic E-state index is -0.130. The van der Waals surface area contributed by atoms with Gasteiger partial charge in [0.25, 0.3) is 0 Å². The van der Waals surface area contributed by atoms with Gasteiger partial charge in [0, 0.05) is 58.3 Å². The van der Waals surface area contributed by atoms with E-state index in [0.717, 1.165) is 45.7 Å². The van der Waals surface area contributed by atoms with Crippen LogP contribution in [0.3, 0.4) is 0 Å². The first-order valence-electron chi connectivity index (χ1n) is 7.24. The van der Waals surface area contributed by atoms with Gasteiger partial charge in [-0.15, -0.1) is 12.4 Å². The molecule has 2 unspecified atom stereocenters. The third kappa shape index (κ3) is 3.24. The molecule has 2 atom stereocenters. The molecule has 3 fully saturated rings. The first-order valence-corrected chi connectivity index (χ1v) is 7.24. The van der Waals surface area contributed by atoms with Crippen molar-refractivity contribution in [3.8, 4) is 0 Å². The molecule has 0 spiro atoms. The number of carbonyl (C=O) groups excluding carboxylic acids is 2. The van der Waals surface area contributed by atoms with Gasteiger partial charge >= 0.3 is 0 Å². The number of nitrogens with zero attached hydrogens (tertiary/aromatic N) is 2. The van der Waals surface area contributed by atoms with Gasteiger partial charge in [-0.1, -0.05) is 0 Å². The quantitative estimate of drug-likeness (QED) is 0.690. The van der Waals surface area contributed by atoms with Crippen molar-refractivity contribution in [3.05, 3.63) is 0 Å². The number of halogens is 1. The van der Waals surface area contributed by atoms with E-state index < -0.39 is 0 Å². The van der Waals surface area contributed by atoms with Crippen molar-refractivity contribution in [3.63, 3.8) is 0 Å². The Morgan fingerprint density at radius 2 is 1.95 bits per heavy atom. The lowest BCUT2D eigenvalue weighted by molar-refractivity contribution is -0.135. The summed E-state index contributed by atoms with van der Waals surface area (Å²) >= 11 is 0. The smallest absolute Gasteiger partial charge is 0.228 e. The molecule has 20 heavy (non-hydrogen) atoms. The molecule has 3 heterocycles. The van der Waals surface area contributed by atoms with E-state index in [-0.39, 0.29) is 30.1 Å². The molecule has 0 radical (unpaired) electrons. The SMILES string of the molecule is Cl.O=C1CC(C(=O)N2CCC(N3CCNCC3)C2)CN1. The third-order valence-corrected chi connectivity index (χ3v) is 4.47. The number of amides is 2. The van der Waals surface area contributed by atoms with Crippen LogP contribution in [-0.2, 0) is 9.59 Å². The second kappa shape index (κ2) is 6.74. The van der Waals surface area contributed by atoms with E-state index in [9.17, 15) is 9.59 Å². The van der Waals surface area contributed by atoms with Crippen molar-refractivity contribution in [1.82, 2.24) is 20.4 Å². The lowest BCUT2D eigenvalue weighted by atomic mass is 10.1. The molecule has 2 N–H and O–H groups in total. The first-order chi connectivity index (χ1) is 9.24. The predicted molar refractivity (Wildman–Crippen MR) is 77.8 cm³/mol. The van der Waals surface area contributed by atoms with Crippen molar-refractivity contribution in [2.75, 3.05) is 45.8 Å². The second-order valence-corrected chi connectivity index (χ2v) is 5.72. The molecular weight excluding hydrogens is 280 g/mol. The number of carbonyl (C=O) groups is 2. The minimum absolute atomic E-state index is 0. The van der Waals surface area contributed by atoms with Crippen molar-refractivity contribution in [2.45, 2.75) is 18.9 Å². The average Bonchev–Trinajstić information content (AvgIpc) is 3.08. The van der Waals surface area contributed by atoms with Gasteiger partial charge in [-0.25, -0.2) is 0 Å². The zero-order valence-corrected chi connectivity index (χ0v) is 12.5. The molecule has 3 rings (SSSR count). The van der Waals surface area contributed by atoms with Crippen molar-refractivity contribution in [2.24, 2.45) is 5.92 Å². The van der Waals surface area contributed by atoms with Gasteiger partial charge in [0.15, 0.2) is 0 Å². The largest absolute Gasteiger partial charge is 0.355 e. The Morgan fingerprint density at radius 1 is 1.20 bits per heavy atom. The van der Waals surface area contributed by atoms with Gasteiger partial charge in [-0.3, -0.25) is 14.5 Å². The summed E-state index contributed by atoms with van der Waals surface area (Å²) in [6.45, 7) is 6.46. The van der Waals surface area contributed by atoms with Crippen molar-refractivity contribution < 1.29 is 9.59 Å². The van der Waals surface area contributed by atoms with Gasteiger partial charge in [-0.05, 0) is 6.42 Å².